The monoisotopic (exact) mass is 308 g/mol. The summed E-state index contributed by atoms with van der Waals surface area (Å²) in [5, 5.41) is 0. The number of fused-ring (bicyclic) bond motifs is 1. The van der Waals surface area contributed by atoms with E-state index in [1.807, 2.05) is 19.9 Å². The van der Waals surface area contributed by atoms with Crippen molar-refractivity contribution in [1.29, 1.82) is 0 Å². The van der Waals surface area contributed by atoms with E-state index in [-0.39, 0.29) is 6.10 Å². The van der Waals surface area contributed by atoms with Gasteiger partial charge in [0, 0.05) is 7.11 Å². The van der Waals surface area contributed by atoms with Gasteiger partial charge in [-0.25, -0.2) is 4.79 Å². The number of carbonyl (C=O) groups is 1. The Labute approximate surface area is 129 Å². The predicted molar refractivity (Wildman–Crippen MR) is 76.2 cm³/mol. The van der Waals surface area contributed by atoms with Gasteiger partial charge in [-0.1, -0.05) is 18.2 Å². The summed E-state index contributed by atoms with van der Waals surface area (Å²) in [6.45, 7) is 3.98. The lowest BCUT2D eigenvalue weighted by molar-refractivity contribution is -0.241. The van der Waals surface area contributed by atoms with E-state index in [9.17, 15) is 4.79 Å². The number of rotatable bonds is 3. The van der Waals surface area contributed by atoms with Gasteiger partial charge < -0.3 is 23.7 Å². The third kappa shape index (κ3) is 3.01. The fraction of sp³-hybridized carbons (Fsp3) is 0.562. The number of esters is 1. The Morgan fingerprint density at radius 2 is 1.95 bits per heavy atom. The van der Waals surface area contributed by atoms with Crippen LogP contribution in [0, 0.1) is 0 Å². The van der Waals surface area contributed by atoms with E-state index in [1.54, 1.807) is 24.3 Å². The third-order valence-corrected chi connectivity index (χ3v) is 3.72. The molecule has 0 aliphatic carbocycles. The van der Waals surface area contributed by atoms with Crippen LogP contribution in [-0.4, -0.2) is 50.1 Å². The lowest BCUT2D eigenvalue weighted by atomic mass is 10.1. The number of hydrogen-bond acceptors (Lipinski definition) is 6. The minimum atomic E-state index is -0.737. The normalized spacial score (nSPS) is 33.2. The van der Waals surface area contributed by atoms with Crippen molar-refractivity contribution in [3.63, 3.8) is 0 Å². The van der Waals surface area contributed by atoms with Gasteiger partial charge in [0.15, 0.2) is 18.2 Å². The van der Waals surface area contributed by atoms with Gasteiger partial charge in [0.2, 0.25) is 0 Å². The van der Waals surface area contributed by atoms with Crippen molar-refractivity contribution >= 4 is 5.97 Å². The highest BCUT2D eigenvalue weighted by atomic mass is 16.8. The van der Waals surface area contributed by atoms with Crippen molar-refractivity contribution in [3.8, 4) is 0 Å². The van der Waals surface area contributed by atoms with Crippen LogP contribution < -0.4 is 0 Å². The molecular weight excluding hydrogens is 288 g/mol. The van der Waals surface area contributed by atoms with E-state index in [4.69, 9.17) is 23.7 Å². The van der Waals surface area contributed by atoms with Crippen molar-refractivity contribution < 1.29 is 28.5 Å². The number of carbonyl (C=O) groups excluding carboxylic acids is 1. The van der Waals surface area contributed by atoms with Crippen LogP contribution in [0.3, 0.4) is 0 Å². The molecule has 0 radical (unpaired) electrons. The first-order valence-corrected chi connectivity index (χ1v) is 7.26. The molecule has 3 rings (SSSR count). The van der Waals surface area contributed by atoms with Crippen LogP contribution in [0.1, 0.15) is 24.2 Å². The van der Waals surface area contributed by atoms with Crippen LogP contribution >= 0.6 is 0 Å². The Balaban J connectivity index is 1.78. The van der Waals surface area contributed by atoms with Gasteiger partial charge in [-0.05, 0) is 26.0 Å². The highest BCUT2D eigenvalue weighted by molar-refractivity contribution is 5.89. The molecule has 22 heavy (non-hydrogen) atoms. The second-order valence-corrected chi connectivity index (χ2v) is 5.81. The molecule has 6 heteroatoms. The molecule has 0 saturated carbocycles. The smallest absolute Gasteiger partial charge is 0.338 e. The molecule has 0 N–H and O–H groups in total. The van der Waals surface area contributed by atoms with Crippen LogP contribution in [0.15, 0.2) is 30.3 Å². The zero-order valence-corrected chi connectivity index (χ0v) is 12.9. The summed E-state index contributed by atoms with van der Waals surface area (Å²) in [5.41, 5.74) is 0.470. The minimum absolute atomic E-state index is 0.282. The molecule has 0 spiro atoms. The molecule has 2 saturated heterocycles. The molecule has 4 atom stereocenters. The van der Waals surface area contributed by atoms with Crippen LogP contribution in [0.5, 0.6) is 0 Å². The topological polar surface area (TPSA) is 63.2 Å². The molecule has 4 unspecified atom stereocenters. The molecule has 1 aromatic carbocycles. The van der Waals surface area contributed by atoms with Crippen LogP contribution in [0.2, 0.25) is 0 Å². The maximum atomic E-state index is 12.3. The Morgan fingerprint density at radius 3 is 2.64 bits per heavy atom. The number of benzene rings is 1. The Hall–Kier alpha value is -1.47. The van der Waals surface area contributed by atoms with E-state index in [0.29, 0.717) is 12.2 Å². The summed E-state index contributed by atoms with van der Waals surface area (Å²) in [5.74, 6) is -1.18. The van der Waals surface area contributed by atoms with E-state index >= 15 is 0 Å². The molecular formula is C16H20O6. The Bertz CT molecular complexity index is 529. The average molecular weight is 308 g/mol. The van der Waals surface area contributed by atoms with Gasteiger partial charge in [0.25, 0.3) is 0 Å². The van der Waals surface area contributed by atoms with Crippen molar-refractivity contribution in [2.75, 3.05) is 13.7 Å². The lowest BCUT2D eigenvalue weighted by Gasteiger charge is -2.36. The largest absolute Gasteiger partial charge is 0.450 e. The molecule has 0 aromatic heterocycles. The molecule has 0 amide bonds. The second kappa shape index (κ2) is 5.96. The number of methoxy groups -OCH3 is 1. The van der Waals surface area contributed by atoms with Gasteiger partial charge in [0.05, 0.1) is 12.2 Å². The zero-order chi connectivity index (χ0) is 15.7. The van der Waals surface area contributed by atoms with Crippen LogP contribution in [0.25, 0.3) is 0 Å². The van der Waals surface area contributed by atoms with E-state index < -0.39 is 30.3 Å². The van der Waals surface area contributed by atoms with E-state index in [0.717, 1.165) is 0 Å². The fourth-order valence-corrected chi connectivity index (χ4v) is 2.80. The molecule has 2 heterocycles. The Kier molecular flexibility index (Phi) is 4.18. The van der Waals surface area contributed by atoms with Crippen LogP contribution in [-0.2, 0) is 23.7 Å². The van der Waals surface area contributed by atoms with Crippen molar-refractivity contribution in [2.45, 2.75) is 44.2 Å². The molecule has 6 nitrogen and oxygen atoms in total. The molecule has 2 fully saturated rings. The first-order chi connectivity index (χ1) is 10.5. The predicted octanol–water partition coefficient (Wildman–Crippen LogP) is 1.73. The lowest BCUT2D eigenvalue weighted by Crippen LogP contribution is -2.54. The first-order valence-electron chi connectivity index (χ1n) is 7.26. The summed E-state index contributed by atoms with van der Waals surface area (Å²) in [6.07, 6.45) is -2.05. The number of ether oxygens (including phenoxy) is 5. The molecule has 120 valence electrons. The molecule has 1 aromatic rings. The van der Waals surface area contributed by atoms with E-state index in [1.165, 1.54) is 7.11 Å². The van der Waals surface area contributed by atoms with Gasteiger partial charge in [-0.15, -0.1) is 0 Å². The third-order valence-electron chi connectivity index (χ3n) is 3.72. The van der Waals surface area contributed by atoms with Crippen molar-refractivity contribution in [1.82, 2.24) is 0 Å². The summed E-state index contributed by atoms with van der Waals surface area (Å²) < 4.78 is 28.1. The van der Waals surface area contributed by atoms with Crippen molar-refractivity contribution in [2.24, 2.45) is 0 Å². The fourth-order valence-electron chi connectivity index (χ4n) is 2.80. The van der Waals surface area contributed by atoms with Crippen molar-refractivity contribution in [3.05, 3.63) is 35.9 Å². The standard InChI is InChI=1S/C16H20O6/c1-16(2)21-11-9-19-15(18-3)13(12(11)22-16)20-14(17)10-7-5-4-6-8-10/h4-8,11-13,15H,9H2,1-3H3. The zero-order valence-electron chi connectivity index (χ0n) is 12.9. The summed E-state index contributed by atoms with van der Waals surface area (Å²) >= 11 is 0. The van der Waals surface area contributed by atoms with Gasteiger partial charge >= 0.3 is 5.97 Å². The molecule has 0 bridgehead atoms. The second-order valence-electron chi connectivity index (χ2n) is 5.81. The number of hydrogen-bond donors (Lipinski definition) is 0. The van der Waals surface area contributed by atoms with E-state index in [2.05, 4.69) is 0 Å². The van der Waals surface area contributed by atoms with Gasteiger partial charge in [0.1, 0.15) is 12.2 Å². The quantitative estimate of drug-likeness (QED) is 0.793. The van der Waals surface area contributed by atoms with Gasteiger partial charge in [-0.2, -0.15) is 0 Å². The maximum absolute atomic E-state index is 12.3. The Morgan fingerprint density at radius 1 is 1.23 bits per heavy atom. The highest BCUT2D eigenvalue weighted by Crippen LogP contribution is 2.36. The SMILES string of the molecule is COC1OCC2OC(C)(C)OC2C1OC(=O)c1ccccc1. The first kappa shape index (κ1) is 15.4. The maximum Gasteiger partial charge on any atom is 0.338 e. The molecule has 2 aliphatic rings. The minimum Gasteiger partial charge on any atom is -0.450 e. The summed E-state index contributed by atoms with van der Waals surface area (Å²) in [4.78, 5) is 12.3. The average Bonchev–Trinajstić information content (AvgIpc) is 2.83. The summed E-state index contributed by atoms with van der Waals surface area (Å²) in [6, 6.07) is 8.79. The van der Waals surface area contributed by atoms with Gasteiger partial charge in [-0.3, -0.25) is 0 Å². The summed E-state index contributed by atoms with van der Waals surface area (Å²) in [7, 11) is 1.51. The van der Waals surface area contributed by atoms with Crippen LogP contribution in [0.4, 0.5) is 0 Å². The highest BCUT2D eigenvalue weighted by Gasteiger charge is 2.53. The molecule has 2 aliphatic heterocycles.